The number of methoxy groups -OCH3 is 1. The molecule has 0 radical (unpaired) electrons. The fourth-order valence-electron chi connectivity index (χ4n) is 2.03. The normalized spacial score (nSPS) is 13.0. The fraction of sp³-hybridized carbons (Fsp3) is 0.286. The van der Waals surface area contributed by atoms with E-state index in [0.29, 0.717) is 11.3 Å². The molecule has 1 N–H and O–H groups in total. The Hall–Kier alpha value is -1.73. The minimum absolute atomic E-state index is 0.240. The highest BCUT2D eigenvalue weighted by Gasteiger charge is 2.31. The van der Waals surface area contributed by atoms with Gasteiger partial charge in [0.2, 0.25) is 0 Å². The average molecular weight is 317 g/mol. The van der Waals surface area contributed by atoms with Crippen molar-refractivity contribution in [2.24, 2.45) is 0 Å². The van der Waals surface area contributed by atoms with Crippen molar-refractivity contribution in [2.75, 3.05) is 14.2 Å². The molecule has 0 aliphatic carbocycles. The SMILES string of the molecule is CNC(c1cccc(OC(F)(F)F)c1)c1sccc1OC. The molecule has 1 aromatic heterocycles. The van der Waals surface area contributed by atoms with Gasteiger partial charge in [0.15, 0.2) is 0 Å². The van der Waals surface area contributed by atoms with Crippen molar-refractivity contribution in [3.05, 3.63) is 46.2 Å². The lowest BCUT2D eigenvalue weighted by molar-refractivity contribution is -0.274. The van der Waals surface area contributed by atoms with E-state index in [4.69, 9.17) is 4.74 Å². The third kappa shape index (κ3) is 3.89. The number of ether oxygens (including phenoxy) is 2. The van der Waals surface area contributed by atoms with Crippen LogP contribution in [0.1, 0.15) is 16.5 Å². The Morgan fingerprint density at radius 1 is 1.24 bits per heavy atom. The lowest BCUT2D eigenvalue weighted by Crippen LogP contribution is -2.19. The molecule has 1 unspecified atom stereocenters. The maximum atomic E-state index is 12.3. The molecule has 2 aromatic rings. The van der Waals surface area contributed by atoms with E-state index in [2.05, 4.69) is 10.1 Å². The first-order valence-corrected chi connectivity index (χ1v) is 6.97. The summed E-state index contributed by atoms with van der Waals surface area (Å²) >= 11 is 1.47. The largest absolute Gasteiger partial charge is 0.573 e. The van der Waals surface area contributed by atoms with Gasteiger partial charge in [0.25, 0.3) is 0 Å². The predicted octanol–water partition coefficient (Wildman–Crippen LogP) is 3.96. The molecule has 21 heavy (non-hydrogen) atoms. The third-order valence-corrected chi connectivity index (χ3v) is 3.82. The number of hydrogen-bond acceptors (Lipinski definition) is 4. The Morgan fingerprint density at radius 2 is 2.00 bits per heavy atom. The molecule has 0 aliphatic heterocycles. The van der Waals surface area contributed by atoms with Crippen LogP contribution in [0.3, 0.4) is 0 Å². The van der Waals surface area contributed by atoms with Gasteiger partial charge in [-0.15, -0.1) is 24.5 Å². The molecule has 1 heterocycles. The van der Waals surface area contributed by atoms with E-state index in [1.165, 1.54) is 29.5 Å². The molecular weight excluding hydrogens is 303 g/mol. The van der Waals surface area contributed by atoms with Gasteiger partial charge >= 0.3 is 6.36 Å². The third-order valence-electron chi connectivity index (χ3n) is 2.85. The Bertz CT molecular complexity index is 598. The van der Waals surface area contributed by atoms with Crippen molar-refractivity contribution >= 4 is 11.3 Å². The first-order chi connectivity index (χ1) is 9.94. The van der Waals surface area contributed by atoms with Crippen LogP contribution in [0.4, 0.5) is 13.2 Å². The highest BCUT2D eigenvalue weighted by Crippen LogP contribution is 2.36. The van der Waals surface area contributed by atoms with Crippen LogP contribution < -0.4 is 14.8 Å². The second-order valence-corrected chi connectivity index (χ2v) is 5.14. The van der Waals surface area contributed by atoms with Crippen LogP contribution in [0.25, 0.3) is 0 Å². The second-order valence-electron chi connectivity index (χ2n) is 4.20. The number of benzene rings is 1. The van der Waals surface area contributed by atoms with Crippen LogP contribution in [0.5, 0.6) is 11.5 Å². The zero-order valence-corrected chi connectivity index (χ0v) is 12.2. The first-order valence-electron chi connectivity index (χ1n) is 6.09. The standard InChI is InChI=1S/C14H14F3NO2S/c1-18-12(13-11(19-2)6-7-21-13)9-4-3-5-10(8-9)20-14(15,16)17/h3-8,12,18H,1-2H3. The summed E-state index contributed by atoms with van der Waals surface area (Å²) in [5.74, 6) is 0.456. The molecule has 0 spiro atoms. The van der Waals surface area contributed by atoms with Gasteiger partial charge < -0.3 is 14.8 Å². The fourth-order valence-corrected chi connectivity index (χ4v) is 3.02. The zero-order chi connectivity index (χ0) is 15.5. The Morgan fingerprint density at radius 3 is 2.62 bits per heavy atom. The van der Waals surface area contributed by atoms with E-state index in [-0.39, 0.29) is 11.8 Å². The summed E-state index contributed by atoms with van der Waals surface area (Å²) < 4.78 is 46.1. The summed E-state index contributed by atoms with van der Waals surface area (Å²) in [7, 11) is 3.29. The van der Waals surface area contributed by atoms with Crippen LogP contribution in [0.2, 0.25) is 0 Å². The van der Waals surface area contributed by atoms with E-state index in [1.54, 1.807) is 20.2 Å². The topological polar surface area (TPSA) is 30.5 Å². The van der Waals surface area contributed by atoms with Crippen molar-refractivity contribution in [1.29, 1.82) is 0 Å². The molecule has 7 heteroatoms. The van der Waals surface area contributed by atoms with Crippen molar-refractivity contribution in [1.82, 2.24) is 5.32 Å². The number of thiophene rings is 1. The highest BCUT2D eigenvalue weighted by molar-refractivity contribution is 7.10. The van der Waals surface area contributed by atoms with Gasteiger partial charge in [0.05, 0.1) is 18.0 Å². The van der Waals surface area contributed by atoms with Crippen LogP contribution in [0.15, 0.2) is 35.7 Å². The maximum Gasteiger partial charge on any atom is 0.573 e. The Labute approximate surface area is 124 Å². The minimum atomic E-state index is -4.70. The van der Waals surface area contributed by atoms with E-state index >= 15 is 0 Å². The summed E-state index contributed by atoms with van der Waals surface area (Å²) in [6.07, 6.45) is -4.70. The second kappa shape index (κ2) is 6.36. The molecule has 0 bridgehead atoms. The highest BCUT2D eigenvalue weighted by atomic mass is 32.1. The number of hydrogen-bond donors (Lipinski definition) is 1. The molecule has 0 saturated carbocycles. The minimum Gasteiger partial charge on any atom is -0.496 e. The summed E-state index contributed by atoms with van der Waals surface area (Å²) in [5.41, 5.74) is 0.667. The van der Waals surface area contributed by atoms with Gasteiger partial charge in [0, 0.05) is 0 Å². The van der Waals surface area contributed by atoms with Gasteiger partial charge in [-0.1, -0.05) is 12.1 Å². The van der Waals surface area contributed by atoms with Crippen molar-refractivity contribution in [2.45, 2.75) is 12.4 Å². The van der Waals surface area contributed by atoms with Crippen LogP contribution in [0, 0.1) is 0 Å². The van der Waals surface area contributed by atoms with Crippen molar-refractivity contribution < 1.29 is 22.6 Å². The van der Waals surface area contributed by atoms with Gasteiger partial charge in [-0.2, -0.15) is 0 Å². The summed E-state index contributed by atoms with van der Waals surface area (Å²) in [5, 5.41) is 4.95. The quantitative estimate of drug-likeness (QED) is 0.905. The number of alkyl halides is 3. The van der Waals surface area contributed by atoms with Crippen molar-refractivity contribution in [3.8, 4) is 11.5 Å². The Kier molecular flexibility index (Phi) is 4.74. The molecule has 2 rings (SSSR count). The lowest BCUT2D eigenvalue weighted by Gasteiger charge is -2.18. The monoisotopic (exact) mass is 317 g/mol. The number of nitrogens with one attached hydrogen (secondary N) is 1. The predicted molar refractivity (Wildman–Crippen MR) is 74.9 cm³/mol. The van der Waals surface area contributed by atoms with Crippen LogP contribution in [-0.4, -0.2) is 20.5 Å². The summed E-state index contributed by atoms with van der Waals surface area (Å²) in [6.45, 7) is 0. The van der Waals surface area contributed by atoms with Crippen molar-refractivity contribution in [3.63, 3.8) is 0 Å². The van der Waals surface area contributed by atoms with E-state index in [1.807, 2.05) is 11.4 Å². The number of rotatable bonds is 5. The van der Waals surface area contributed by atoms with Gasteiger partial charge in [0.1, 0.15) is 11.5 Å². The van der Waals surface area contributed by atoms with Gasteiger partial charge in [-0.05, 0) is 36.2 Å². The summed E-state index contributed by atoms with van der Waals surface area (Å²) in [4.78, 5) is 0.893. The molecule has 0 amide bonds. The van der Waals surface area contributed by atoms with Gasteiger partial charge in [-0.3, -0.25) is 0 Å². The molecule has 0 fully saturated rings. The molecule has 1 aromatic carbocycles. The van der Waals surface area contributed by atoms with E-state index in [0.717, 1.165) is 4.88 Å². The molecule has 1 atom stereocenters. The smallest absolute Gasteiger partial charge is 0.496 e. The van der Waals surface area contributed by atoms with Crippen LogP contribution in [-0.2, 0) is 0 Å². The van der Waals surface area contributed by atoms with E-state index < -0.39 is 6.36 Å². The van der Waals surface area contributed by atoms with Gasteiger partial charge in [-0.25, -0.2) is 0 Å². The first kappa shape index (κ1) is 15.7. The molecule has 0 aliphatic rings. The zero-order valence-electron chi connectivity index (χ0n) is 11.4. The lowest BCUT2D eigenvalue weighted by atomic mass is 10.0. The van der Waals surface area contributed by atoms with E-state index in [9.17, 15) is 13.2 Å². The number of halogens is 3. The maximum absolute atomic E-state index is 12.3. The molecule has 114 valence electrons. The average Bonchev–Trinajstić information content (AvgIpc) is 2.86. The van der Waals surface area contributed by atoms with Crippen LogP contribution >= 0.6 is 11.3 Å². The molecule has 0 saturated heterocycles. The summed E-state index contributed by atoms with van der Waals surface area (Å²) in [6, 6.07) is 7.46. The molecular formula is C14H14F3NO2S. The molecule has 3 nitrogen and oxygen atoms in total. The Balaban J connectivity index is 2.33.